The van der Waals surface area contributed by atoms with E-state index >= 15 is 0 Å². The summed E-state index contributed by atoms with van der Waals surface area (Å²) < 4.78 is 0. The summed E-state index contributed by atoms with van der Waals surface area (Å²) in [7, 11) is 1.80. The Labute approximate surface area is 59.1 Å². The molecule has 1 N–H and O–H groups in total. The Morgan fingerprint density at radius 1 is 1.60 bits per heavy atom. The second kappa shape index (κ2) is 2.52. The summed E-state index contributed by atoms with van der Waals surface area (Å²) in [5.74, 6) is -0.934. The molecule has 0 aliphatic rings. The zero-order chi connectivity index (χ0) is 7.56. The van der Waals surface area contributed by atoms with Gasteiger partial charge in [-0.3, -0.25) is 4.98 Å². The summed E-state index contributed by atoms with van der Waals surface area (Å²) in [6.07, 6.45) is 2.95. The predicted molar refractivity (Wildman–Crippen MR) is 39.4 cm³/mol. The van der Waals surface area contributed by atoms with Crippen LogP contribution in [0, 0.1) is 0 Å². The van der Waals surface area contributed by atoms with Crippen LogP contribution in [-0.4, -0.2) is 23.9 Å². The van der Waals surface area contributed by atoms with E-state index in [1.807, 2.05) is 0 Å². The molecule has 4 heteroatoms. The highest BCUT2D eigenvalue weighted by Crippen LogP contribution is 1.91. The predicted octanol–water partition coefficient (Wildman–Crippen LogP) is -0.962. The van der Waals surface area contributed by atoms with E-state index in [1.54, 1.807) is 20.1 Å². The number of hydrogen-bond acceptors (Lipinski definition) is 2. The molecule has 1 rings (SSSR count). The van der Waals surface area contributed by atoms with Gasteiger partial charge >= 0.3 is 5.97 Å². The third-order valence-electron chi connectivity index (χ3n) is 1.12. The fourth-order valence-corrected chi connectivity index (χ4v) is 0.672. The van der Waals surface area contributed by atoms with E-state index in [1.165, 1.54) is 6.20 Å². The van der Waals surface area contributed by atoms with Gasteiger partial charge in [0.15, 0.2) is 0 Å². The molecule has 0 atom stereocenters. The van der Waals surface area contributed by atoms with Gasteiger partial charge in [0.05, 0.1) is 5.56 Å². The van der Waals surface area contributed by atoms with E-state index in [-0.39, 0.29) is 5.56 Å². The van der Waals surface area contributed by atoms with Crippen LogP contribution in [0.1, 0.15) is 10.4 Å². The smallest absolute Gasteiger partial charge is 0.337 e. The van der Waals surface area contributed by atoms with Crippen molar-refractivity contribution in [3.63, 3.8) is 0 Å². The third kappa shape index (κ3) is 1.34. The molecule has 1 heterocycles. The Morgan fingerprint density at radius 3 is 2.70 bits per heavy atom. The number of carbonyl (C=O) groups is 1. The molecular formula is C6H6BNO2. The summed E-state index contributed by atoms with van der Waals surface area (Å²) in [6, 6.07) is 1.58. The van der Waals surface area contributed by atoms with Gasteiger partial charge in [0.25, 0.3) is 0 Å². The highest BCUT2D eigenvalue weighted by molar-refractivity contribution is 6.32. The zero-order valence-electron chi connectivity index (χ0n) is 5.53. The van der Waals surface area contributed by atoms with Gasteiger partial charge in [0.1, 0.15) is 7.85 Å². The van der Waals surface area contributed by atoms with E-state index in [9.17, 15) is 4.79 Å². The first kappa shape index (κ1) is 6.80. The van der Waals surface area contributed by atoms with Crippen LogP contribution in [0.4, 0.5) is 0 Å². The number of carboxylic acid groups (broad SMARTS) is 1. The lowest BCUT2D eigenvalue weighted by molar-refractivity contribution is 0.0696. The highest BCUT2D eigenvalue weighted by atomic mass is 16.4. The Hall–Kier alpha value is -1.32. The van der Waals surface area contributed by atoms with Crippen molar-refractivity contribution in [1.82, 2.24) is 4.98 Å². The van der Waals surface area contributed by atoms with Crippen molar-refractivity contribution >= 4 is 19.3 Å². The first-order chi connectivity index (χ1) is 4.70. The van der Waals surface area contributed by atoms with E-state index in [0.717, 1.165) is 5.46 Å². The van der Waals surface area contributed by atoms with Crippen molar-refractivity contribution in [2.45, 2.75) is 0 Å². The lowest BCUT2D eigenvalue weighted by Gasteiger charge is -1.92. The molecule has 3 nitrogen and oxygen atoms in total. The zero-order valence-corrected chi connectivity index (χ0v) is 5.53. The van der Waals surface area contributed by atoms with Crippen LogP contribution in [0.3, 0.4) is 0 Å². The number of aromatic nitrogens is 1. The van der Waals surface area contributed by atoms with Gasteiger partial charge in [0.2, 0.25) is 0 Å². The maximum atomic E-state index is 10.3. The van der Waals surface area contributed by atoms with Crippen LogP contribution in [0.25, 0.3) is 0 Å². The molecule has 0 spiro atoms. The Bertz CT molecular complexity index is 262. The molecule has 50 valence electrons. The lowest BCUT2D eigenvalue weighted by Crippen LogP contribution is -2.07. The molecule has 0 radical (unpaired) electrons. The molecule has 0 aromatic carbocycles. The fourth-order valence-electron chi connectivity index (χ4n) is 0.672. The average molecular weight is 135 g/mol. The van der Waals surface area contributed by atoms with Crippen LogP contribution >= 0.6 is 0 Å². The van der Waals surface area contributed by atoms with Gasteiger partial charge in [-0.25, -0.2) is 4.79 Å². The number of aromatic carboxylic acids is 1. The van der Waals surface area contributed by atoms with Crippen LogP contribution in [0.2, 0.25) is 0 Å². The van der Waals surface area contributed by atoms with E-state index < -0.39 is 5.97 Å². The molecule has 0 saturated carbocycles. The average Bonchev–Trinajstić information content (AvgIpc) is 1.88. The molecule has 0 amide bonds. The van der Waals surface area contributed by atoms with Crippen LogP contribution < -0.4 is 5.46 Å². The topological polar surface area (TPSA) is 50.2 Å². The van der Waals surface area contributed by atoms with Crippen LogP contribution in [0.15, 0.2) is 18.5 Å². The molecule has 0 fully saturated rings. The Balaban J connectivity index is 3.07. The van der Waals surface area contributed by atoms with E-state index in [4.69, 9.17) is 5.11 Å². The summed E-state index contributed by atoms with van der Waals surface area (Å²) in [4.78, 5) is 14.0. The quantitative estimate of drug-likeness (QED) is 0.504. The first-order valence-electron chi connectivity index (χ1n) is 2.85. The molecule has 0 saturated heterocycles. The van der Waals surface area contributed by atoms with Gasteiger partial charge < -0.3 is 5.11 Å². The SMILES string of the molecule is Bc1cncc(C(=O)O)c1. The maximum absolute atomic E-state index is 10.3. The minimum Gasteiger partial charge on any atom is -0.478 e. The van der Waals surface area contributed by atoms with Crippen molar-refractivity contribution in [2.24, 2.45) is 0 Å². The van der Waals surface area contributed by atoms with Gasteiger partial charge in [-0.05, 0) is 0 Å². The second-order valence-electron chi connectivity index (χ2n) is 2.06. The standard InChI is InChI=1S/C6H6BNO2/c7-5-1-4(6(9)10)2-8-3-5/h1-3H,7H2,(H,9,10). The van der Waals surface area contributed by atoms with Gasteiger partial charge in [-0.1, -0.05) is 11.5 Å². The third-order valence-corrected chi connectivity index (χ3v) is 1.12. The summed E-state index contributed by atoms with van der Waals surface area (Å²) in [6.45, 7) is 0. The maximum Gasteiger partial charge on any atom is 0.337 e. The Morgan fingerprint density at radius 2 is 2.30 bits per heavy atom. The lowest BCUT2D eigenvalue weighted by atomic mass is 9.97. The van der Waals surface area contributed by atoms with Crippen molar-refractivity contribution in [1.29, 1.82) is 0 Å². The number of rotatable bonds is 1. The second-order valence-corrected chi connectivity index (χ2v) is 2.06. The van der Waals surface area contributed by atoms with Crippen LogP contribution in [0.5, 0.6) is 0 Å². The van der Waals surface area contributed by atoms with E-state index in [0.29, 0.717) is 0 Å². The molecule has 0 unspecified atom stereocenters. The van der Waals surface area contributed by atoms with Gasteiger partial charge in [-0.2, -0.15) is 0 Å². The number of carboxylic acids is 1. The first-order valence-corrected chi connectivity index (χ1v) is 2.85. The van der Waals surface area contributed by atoms with Crippen molar-refractivity contribution in [3.8, 4) is 0 Å². The van der Waals surface area contributed by atoms with Crippen LogP contribution in [-0.2, 0) is 0 Å². The van der Waals surface area contributed by atoms with Crippen molar-refractivity contribution in [2.75, 3.05) is 0 Å². The molecular weight excluding hydrogens is 129 g/mol. The number of nitrogens with zero attached hydrogens (tertiary/aromatic N) is 1. The molecule has 0 bridgehead atoms. The molecule has 1 aromatic rings. The Kier molecular flexibility index (Phi) is 1.71. The largest absolute Gasteiger partial charge is 0.478 e. The summed E-state index contributed by atoms with van der Waals surface area (Å²) >= 11 is 0. The minimum atomic E-state index is -0.934. The van der Waals surface area contributed by atoms with Gasteiger partial charge in [-0.15, -0.1) is 0 Å². The monoisotopic (exact) mass is 135 g/mol. The number of pyridine rings is 1. The van der Waals surface area contributed by atoms with E-state index in [2.05, 4.69) is 4.98 Å². The van der Waals surface area contributed by atoms with Crippen molar-refractivity contribution < 1.29 is 9.90 Å². The molecule has 10 heavy (non-hydrogen) atoms. The summed E-state index contributed by atoms with van der Waals surface area (Å²) in [5, 5.41) is 8.47. The molecule has 1 aromatic heterocycles. The fraction of sp³-hybridized carbons (Fsp3) is 0. The summed E-state index contributed by atoms with van der Waals surface area (Å²) in [5.41, 5.74) is 1.10. The minimum absolute atomic E-state index is 0.236. The highest BCUT2D eigenvalue weighted by Gasteiger charge is 2.00. The van der Waals surface area contributed by atoms with Crippen molar-refractivity contribution in [3.05, 3.63) is 24.0 Å². The normalized spacial score (nSPS) is 9.20. The van der Waals surface area contributed by atoms with Gasteiger partial charge in [0, 0.05) is 12.4 Å². The molecule has 0 aliphatic heterocycles. The molecule has 0 aliphatic carbocycles. The number of hydrogen-bond donors (Lipinski definition) is 1.